The molecule has 0 aliphatic carbocycles. The fourth-order valence-electron chi connectivity index (χ4n) is 2.85. The van der Waals surface area contributed by atoms with Gasteiger partial charge in [-0.25, -0.2) is 4.79 Å². The summed E-state index contributed by atoms with van der Waals surface area (Å²) in [5.41, 5.74) is 6.23. The normalized spacial score (nSPS) is 10.8. The third kappa shape index (κ3) is 4.46. The summed E-state index contributed by atoms with van der Waals surface area (Å²) < 4.78 is 6.37. The molecule has 3 N–H and O–H groups in total. The second-order valence-corrected chi connectivity index (χ2v) is 6.18. The van der Waals surface area contributed by atoms with Crippen LogP contribution >= 0.6 is 0 Å². The van der Waals surface area contributed by atoms with E-state index in [9.17, 15) is 14.4 Å². The molecule has 2 rings (SSSR count). The molecule has 0 radical (unpaired) electrons. The fourth-order valence-corrected chi connectivity index (χ4v) is 2.85. The first-order chi connectivity index (χ1) is 12.9. The molecular weight excluding hydrogens is 348 g/mol. The Balaban J connectivity index is 2.45. The molecule has 146 valence electrons. The summed E-state index contributed by atoms with van der Waals surface area (Å²) in [5.74, 6) is -0.359. The van der Waals surface area contributed by atoms with Crippen LogP contribution in [0.5, 0.6) is 0 Å². The smallest absolute Gasteiger partial charge is 0.330 e. The van der Waals surface area contributed by atoms with Crippen molar-refractivity contribution in [2.24, 2.45) is 0 Å². The molecule has 8 nitrogen and oxygen atoms in total. The van der Waals surface area contributed by atoms with E-state index in [1.807, 2.05) is 6.92 Å². The number of benzene rings is 1. The van der Waals surface area contributed by atoms with Gasteiger partial charge in [-0.05, 0) is 31.0 Å². The maximum Gasteiger partial charge on any atom is 0.330 e. The number of ether oxygens (including phenoxy) is 1. The first-order valence-electron chi connectivity index (χ1n) is 8.96. The number of nitrogens with zero attached hydrogens (tertiary/aromatic N) is 2. The monoisotopic (exact) mass is 374 g/mol. The molecule has 0 aliphatic heterocycles. The Kier molecular flexibility index (Phi) is 6.95. The number of unbranched alkanes of at least 4 members (excludes halogenated alkanes) is 1. The van der Waals surface area contributed by atoms with Gasteiger partial charge in [-0.2, -0.15) is 0 Å². The van der Waals surface area contributed by atoms with Gasteiger partial charge in [0.25, 0.3) is 11.5 Å². The summed E-state index contributed by atoms with van der Waals surface area (Å²) >= 11 is 0. The summed E-state index contributed by atoms with van der Waals surface area (Å²) in [6.07, 6.45) is 1.60. The number of anilines is 2. The number of nitrogens with one attached hydrogen (secondary N) is 1. The van der Waals surface area contributed by atoms with Crippen molar-refractivity contribution < 1.29 is 9.53 Å². The van der Waals surface area contributed by atoms with E-state index in [1.165, 1.54) is 9.47 Å². The Bertz CT molecular complexity index is 899. The molecule has 1 heterocycles. The van der Waals surface area contributed by atoms with E-state index in [4.69, 9.17) is 10.5 Å². The van der Waals surface area contributed by atoms with Gasteiger partial charge >= 0.3 is 5.69 Å². The van der Waals surface area contributed by atoms with Crippen LogP contribution < -0.4 is 21.9 Å². The third-order valence-corrected chi connectivity index (χ3v) is 4.29. The average Bonchev–Trinajstić information content (AvgIpc) is 2.65. The van der Waals surface area contributed by atoms with Crippen molar-refractivity contribution in [3.8, 4) is 0 Å². The zero-order valence-corrected chi connectivity index (χ0v) is 15.9. The van der Waals surface area contributed by atoms with E-state index in [2.05, 4.69) is 4.98 Å². The highest BCUT2D eigenvalue weighted by Gasteiger charge is 2.23. The molecule has 0 spiro atoms. The summed E-state index contributed by atoms with van der Waals surface area (Å²) in [5, 5.41) is 0. The van der Waals surface area contributed by atoms with E-state index in [1.54, 1.807) is 38.3 Å². The van der Waals surface area contributed by atoms with E-state index in [0.29, 0.717) is 18.7 Å². The van der Waals surface area contributed by atoms with Gasteiger partial charge in [-0.3, -0.25) is 19.1 Å². The maximum absolute atomic E-state index is 13.0. The summed E-state index contributed by atoms with van der Waals surface area (Å²) in [6, 6.07) is 6.94. The Labute approximate surface area is 157 Å². The standard InChI is InChI=1S/C19H26N4O4/c1-4-6-11-23-16(20)15(17(24)21-19(23)26)22(5-2)18(25)14-9-7-13(8-10-14)12-27-3/h7-10H,4-6,11-12,20H2,1-3H3,(H,21,24,26). The van der Waals surface area contributed by atoms with Gasteiger partial charge in [0.05, 0.1) is 6.61 Å². The van der Waals surface area contributed by atoms with Crippen molar-refractivity contribution in [2.75, 3.05) is 24.3 Å². The second kappa shape index (κ2) is 9.18. The van der Waals surface area contributed by atoms with Crippen LogP contribution in [0.25, 0.3) is 0 Å². The molecule has 0 unspecified atom stereocenters. The molecule has 0 atom stereocenters. The number of nitrogen functional groups attached to an aromatic ring is 1. The van der Waals surface area contributed by atoms with Crippen LogP contribution in [-0.4, -0.2) is 29.1 Å². The van der Waals surface area contributed by atoms with Crippen molar-refractivity contribution in [3.05, 3.63) is 56.2 Å². The Morgan fingerprint density at radius 3 is 2.44 bits per heavy atom. The van der Waals surface area contributed by atoms with Crippen molar-refractivity contribution in [3.63, 3.8) is 0 Å². The molecule has 0 saturated heterocycles. The van der Waals surface area contributed by atoms with Crippen molar-refractivity contribution in [1.82, 2.24) is 9.55 Å². The van der Waals surface area contributed by atoms with Gasteiger partial charge in [-0.15, -0.1) is 0 Å². The molecule has 0 fully saturated rings. The highest BCUT2D eigenvalue weighted by molar-refractivity contribution is 6.07. The van der Waals surface area contributed by atoms with Crippen molar-refractivity contribution in [2.45, 2.75) is 39.8 Å². The fraction of sp³-hybridized carbons (Fsp3) is 0.421. The lowest BCUT2D eigenvalue weighted by atomic mass is 10.1. The third-order valence-electron chi connectivity index (χ3n) is 4.29. The first kappa shape index (κ1) is 20.4. The van der Waals surface area contributed by atoms with Crippen LogP contribution in [0.4, 0.5) is 11.5 Å². The van der Waals surface area contributed by atoms with Gasteiger partial charge in [0.15, 0.2) is 5.69 Å². The molecule has 1 aromatic carbocycles. The average molecular weight is 374 g/mol. The molecule has 2 aromatic rings. The van der Waals surface area contributed by atoms with Crippen LogP contribution in [0.2, 0.25) is 0 Å². The summed E-state index contributed by atoms with van der Waals surface area (Å²) in [7, 11) is 1.60. The molecule has 0 bridgehead atoms. The number of aromatic amines is 1. The highest BCUT2D eigenvalue weighted by atomic mass is 16.5. The number of H-pyrrole nitrogens is 1. The Morgan fingerprint density at radius 2 is 1.89 bits per heavy atom. The van der Waals surface area contributed by atoms with Crippen LogP contribution in [0, 0.1) is 0 Å². The zero-order valence-electron chi connectivity index (χ0n) is 15.9. The number of carbonyl (C=O) groups excluding carboxylic acids is 1. The Morgan fingerprint density at radius 1 is 1.22 bits per heavy atom. The summed E-state index contributed by atoms with van der Waals surface area (Å²) in [4.78, 5) is 41.0. The second-order valence-electron chi connectivity index (χ2n) is 6.18. The van der Waals surface area contributed by atoms with Gasteiger partial charge in [0, 0.05) is 25.8 Å². The van der Waals surface area contributed by atoms with Crippen LogP contribution in [0.1, 0.15) is 42.6 Å². The first-order valence-corrected chi connectivity index (χ1v) is 8.96. The highest BCUT2D eigenvalue weighted by Crippen LogP contribution is 2.20. The van der Waals surface area contributed by atoms with E-state index < -0.39 is 11.2 Å². The lowest BCUT2D eigenvalue weighted by molar-refractivity contribution is 0.0988. The molecule has 27 heavy (non-hydrogen) atoms. The van der Waals surface area contributed by atoms with Crippen LogP contribution in [-0.2, 0) is 17.9 Å². The zero-order chi connectivity index (χ0) is 20.0. The van der Waals surface area contributed by atoms with E-state index in [-0.39, 0.29) is 24.0 Å². The Hall–Kier alpha value is -2.87. The maximum atomic E-state index is 13.0. The van der Waals surface area contributed by atoms with Gasteiger partial charge in [-0.1, -0.05) is 25.5 Å². The number of rotatable bonds is 8. The van der Waals surface area contributed by atoms with Gasteiger partial charge in [0.1, 0.15) is 5.82 Å². The lowest BCUT2D eigenvalue weighted by Crippen LogP contribution is -2.41. The molecule has 1 aromatic heterocycles. The lowest BCUT2D eigenvalue weighted by Gasteiger charge is -2.23. The molecule has 0 aliphatic rings. The number of methoxy groups -OCH3 is 1. The predicted molar refractivity (Wildman–Crippen MR) is 105 cm³/mol. The van der Waals surface area contributed by atoms with E-state index >= 15 is 0 Å². The quantitative estimate of drug-likeness (QED) is 0.731. The van der Waals surface area contributed by atoms with Crippen LogP contribution in [0.15, 0.2) is 33.9 Å². The van der Waals surface area contributed by atoms with Gasteiger partial charge < -0.3 is 15.4 Å². The number of nitrogens with two attached hydrogens (primary N) is 1. The number of amides is 1. The number of carbonyl (C=O) groups is 1. The topological polar surface area (TPSA) is 110 Å². The minimum absolute atomic E-state index is 0.000767. The van der Waals surface area contributed by atoms with Gasteiger partial charge in [0.2, 0.25) is 0 Å². The SMILES string of the molecule is CCCCn1c(N)c(N(CC)C(=O)c2ccc(COC)cc2)c(=O)[nH]c1=O. The summed E-state index contributed by atoms with van der Waals surface area (Å²) in [6.45, 7) is 4.79. The largest absolute Gasteiger partial charge is 0.383 e. The van der Waals surface area contributed by atoms with Crippen molar-refractivity contribution in [1.29, 1.82) is 0 Å². The van der Waals surface area contributed by atoms with Crippen LogP contribution in [0.3, 0.4) is 0 Å². The minimum Gasteiger partial charge on any atom is -0.383 e. The number of hydrogen-bond donors (Lipinski definition) is 2. The number of aromatic nitrogens is 2. The molecule has 1 amide bonds. The van der Waals surface area contributed by atoms with E-state index in [0.717, 1.165) is 18.4 Å². The molecular formula is C19H26N4O4. The number of hydrogen-bond acceptors (Lipinski definition) is 5. The molecule has 8 heteroatoms. The minimum atomic E-state index is -0.670. The predicted octanol–water partition coefficient (Wildman–Crippen LogP) is 1.73. The van der Waals surface area contributed by atoms with Crippen molar-refractivity contribution >= 4 is 17.4 Å². The molecule has 0 saturated carbocycles.